The van der Waals surface area contributed by atoms with Crippen molar-refractivity contribution in [3.63, 3.8) is 0 Å². The number of carbonyl (C=O) groups is 2. The monoisotopic (exact) mass is 201 g/mol. The molecule has 1 radical (unpaired) electrons. The summed E-state index contributed by atoms with van der Waals surface area (Å²) in [5, 5.41) is 2.46. The van der Waals surface area contributed by atoms with E-state index in [4.69, 9.17) is 0 Å². The Morgan fingerprint density at radius 3 is 2.21 bits per heavy atom. The molecule has 0 aliphatic heterocycles. The zero-order chi connectivity index (χ0) is 11.0. The van der Waals surface area contributed by atoms with Crippen LogP contribution in [0.4, 0.5) is 9.59 Å². The summed E-state index contributed by atoms with van der Waals surface area (Å²) in [4.78, 5) is 23.6. The minimum Gasteiger partial charge on any atom is -0.337 e. The molecule has 0 aromatic rings. The Morgan fingerprint density at radius 1 is 1.21 bits per heavy atom. The SMILES string of the molecule is CCNC(=O)N[N]C(=O)N(CC)CC. The minimum absolute atomic E-state index is 0.429. The van der Waals surface area contributed by atoms with Crippen molar-refractivity contribution in [3.05, 3.63) is 0 Å². The molecule has 0 atom stereocenters. The van der Waals surface area contributed by atoms with E-state index in [1.807, 2.05) is 13.8 Å². The molecule has 0 spiro atoms. The summed E-state index contributed by atoms with van der Waals surface area (Å²) >= 11 is 0. The van der Waals surface area contributed by atoms with Gasteiger partial charge in [0.2, 0.25) is 0 Å². The van der Waals surface area contributed by atoms with Gasteiger partial charge in [0.15, 0.2) is 0 Å². The van der Waals surface area contributed by atoms with Crippen LogP contribution in [0, 0.1) is 0 Å². The van der Waals surface area contributed by atoms with E-state index in [9.17, 15) is 9.59 Å². The zero-order valence-electron chi connectivity index (χ0n) is 8.83. The van der Waals surface area contributed by atoms with Gasteiger partial charge in [0.05, 0.1) is 0 Å². The third-order valence-electron chi connectivity index (χ3n) is 1.62. The van der Waals surface area contributed by atoms with Crippen LogP contribution in [0.25, 0.3) is 0 Å². The van der Waals surface area contributed by atoms with Crippen LogP contribution < -0.4 is 16.2 Å². The standard InChI is InChI=1S/C8H17N4O2/c1-4-9-7(13)10-11-8(14)12(5-2)6-3/h4-6H2,1-3H3,(H2,9,10,13). The van der Waals surface area contributed by atoms with Crippen LogP contribution in [0.15, 0.2) is 0 Å². The molecule has 0 heterocycles. The van der Waals surface area contributed by atoms with Crippen LogP contribution >= 0.6 is 0 Å². The summed E-state index contributed by atoms with van der Waals surface area (Å²) in [7, 11) is 0. The quantitative estimate of drug-likeness (QED) is 0.644. The van der Waals surface area contributed by atoms with Crippen LogP contribution in [-0.2, 0) is 0 Å². The summed E-state index contributed by atoms with van der Waals surface area (Å²) in [5.41, 5.74) is 5.53. The maximum atomic E-state index is 11.2. The largest absolute Gasteiger partial charge is 0.360 e. The van der Waals surface area contributed by atoms with Crippen molar-refractivity contribution in [1.82, 2.24) is 21.1 Å². The molecule has 2 N–H and O–H groups in total. The Labute approximate surface area is 84.0 Å². The first kappa shape index (κ1) is 12.5. The van der Waals surface area contributed by atoms with E-state index in [1.54, 1.807) is 6.92 Å². The van der Waals surface area contributed by atoms with Gasteiger partial charge < -0.3 is 10.2 Å². The second kappa shape index (κ2) is 6.99. The molecule has 6 nitrogen and oxygen atoms in total. The van der Waals surface area contributed by atoms with E-state index < -0.39 is 12.1 Å². The first-order valence-electron chi connectivity index (χ1n) is 4.69. The van der Waals surface area contributed by atoms with E-state index in [2.05, 4.69) is 16.2 Å². The highest BCUT2D eigenvalue weighted by Crippen LogP contribution is 1.87. The average molecular weight is 201 g/mol. The number of nitrogens with one attached hydrogen (secondary N) is 2. The van der Waals surface area contributed by atoms with Gasteiger partial charge in [0, 0.05) is 19.6 Å². The number of hydrogen-bond acceptors (Lipinski definition) is 2. The zero-order valence-corrected chi connectivity index (χ0v) is 8.83. The van der Waals surface area contributed by atoms with Crippen molar-refractivity contribution in [2.75, 3.05) is 19.6 Å². The number of amides is 4. The van der Waals surface area contributed by atoms with Crippen LogP contribution in [-0.4, -0.2) is 36.6 Å². The average Bonchev–Trinajstić information content (AvgIpc) is 2.17. The molecule has 0 rings (SSSR count). The Hall–Kier alpha value is -1.46. The van der Waals surface area contributed by atoms with Gasteiger partial charge in [0.25, 0.3) is 0 Å². The van der Waals surface area contributed by atoms with Crippen LogP contribution in [0.5, 0.6) is 0 Å². The summed E-state index contributed by atoms with van der Waals surface area (Å²) in [6.45, 7) is 7.14. The lowest BCUT2D eigenvalue weighted by Gasteiger charge is -2.17. The molecule has 0 bridgehead atoms. The molecule has 0 aromatic heterocycles. The molecule has 0 unspecified atom stereocenters. The first-order chi connectivity index (χ1) is 6.65. The lowest BCUT2D eigenvalue weighted by molar-refractivity contribution is 0.194. The van der Waals surface area contributed by atoms with E-state index in [0.29, 0.717) is 19.6 Å². The molecule has 0 fully saturated rings. The second-order valence-corrected chi connectivity index (χ2v) is 2.54. The molecule has 0 aromatic carbocycles. The van der Waals surface area contributed by atoms with E-state index in [1.165, 1.54) is 4.90 Å². The Morgan fingerprint density at radius 2 is 1.79 bits per heavy atom. The topological polar surface area (TPSA) is 75.5 Å². The molecular formula is C8H17N4O2. The van der Waals surface area contributed by atoms with Crippen LogP contribution in [0.3, 0.4) is 0 Å². The fourth-order valence-corrected chi connectivity index (χ4v) is 0.864. The smallest absolute Gasteiger partial charge is 0.337 e. The molecule has 6 heteroatoms. The van der Waals surface area contributed by atoms with Crippen LogP contribution in [0.2, 0.25) is 0 Å². The van der Waals surface area contributed by atoms with Crippen LogP contribution in [0.1, 0.15) is 20.8 Å². The normalized spacial score (nSPS) is 9.07. The summed E-state index contributed by atoms with van der Waals surface area (Å²) in [6, 6.07) is -0.894. The Balaban J connectivity index is 3.77. The third kappa shape index (κ3) is 4.54. The van der Waals surface area contributed by atoms with Crippen molar-refractivity contribution in [2.24, 2.45) is 0 Å². The number of rotatable bonds is 3. The Kier molecular flexibility index (Phi) is 6.26. The summed E-state index contributed by atoms with van der Waals surface area (Å²) in [5.74, 6) is 0. The van der Waals surface area contributed by atoms with Crippen molar-refractivity contribution in [1.29, 1.82) is 0 Å². The molecule has 14 heavy (non-hydrogen) atoms. The molecule has 4 amide bonds. The van der Waals surface area contributed by atoms with Gasteiger partial charge in [-0.1, -0.05) is 0 Å². The lowest BCUT2D eigenvalue weighted by atomic mass is 10.5. The highest BCUT2D eigenvalue weighted by molar-refractivity contribution is 5.79. The molecule has 81 valence electrons. The predicted molar refractivity (Wildman–Crippen MR) is 52.7 cm³/mol. The molecule has 0 saturated carbocycles. The van der Waals surface area contributed by atoms with Gasteiger partial charge >= 0.3 is 12.1 Å². The second-order valence-electron chi connectivity index (χ2n) is 2.54. The number of carbonyl (C=O) groups excluding carboxylic acids is 2. The minimum atomic E-state index is -0.465. The molecule has 0 aliphatic rings. The highest BCUT2D eigenvalue weighted by Gasteiger charge is 2.11. The number of hydrogen-bond donors (Lipinski definition) is 2. The Bertz CT molecular complexity index is 192. The fraction of sp³-hybridized carbons (Fsp3) is 0.750. The van der Waals surface area contributed by atoms with Gasteiger partial charge in [-0.15, -0.1) is 5.43 Å². The van der Waals surface area contributed by atoms with Gasteiger partial charge in [-0.25, -0.2) is 15.0 Å². The van der Waals surface area contributed by atoms with Crippen molar-refractivity contribution in [2.45, 2.75) is 20.8 Å². The molecule has 0 saturated heterocycles. The summed E-state index contributed by atoms with van der Waals surface area (Å²) < 4.78 is 0. The third-order valence-corrected chi connectivity index (χ3v) is 1.62. The lowest BCUT2D eigenvalue weighted by Crippen LogP contribution is -2.47. The van der Waals surface area contributed by atoms with Gasteiger partial charge in [-0.3, -0.25) is 0 Å². The van der Waals surface area contributed by atoms with Crippen molar-refractivity contribution >= 4 is 12.1 Å². The maximum absolute atomic E-state index is 11.2. The van der Waals surface area contributed by atoms with E-state index in [0.717, 1.165) is 0 Å². The first-order valence-corrected chi connectivity index (χ1v) is 4.69. The van der Waals surface area contributed by atoms with E-state index >= 15 is 0 Å². The van der Waals surface area contributed by atoms with Crippen molar-refractivity contribution < 1.29 is 9.59 Å². The predicted octanol–water partition coefficient (Wildman–Crippen LogP) is 0.287. The number of urea groups is 2. The van der Waals surface area contributed by atoms with Crippen molar-refractivity contribution in [3.8, 4) is 0 Å². The van der Waals surface area contributed by atoms with Gasteiger partial charge in [0.1, 0.15) is 0 Å². The highest BCUT2D eigenvalue weighted by atomic mass is 16.2. The molecular weight excluding hydrogens is 184 g/mol. The number of nitrogens with zero attached hydrogens (tertiary/aromatic N) is 2. The van der Waals surface area contributed by atoms with E-state index in [-0.39, 0.29) is 0 Å². The van der Waals surface area contributed by atoms with Gasteiger partial charge in [-0.05, 0) is 20.8 Å². The van der Waals surface area contributed by atoms with Gasteiger partial charge in [-0.2, -0.15) is 0 Å². The maximum Gasteiger partial charge on any atom is 0.360 e. The molecule has 0 aliphatic carbocycles. The fourth-order valence-electron chi connectivity index (χ4n) is 0.864. The summed E-state index contributed by atoms with van der Waals surface area (Å²) in [6.07, 6.45) is 0.